The average molecular weight is 248 g/mol. The van der Waals surface area contributed by atoms with Crippen LogP contribution in [-0.4, -0.2) is 36.4 Å². The van der Waals surface area contributed by atoms with E-state index in [4.69, 9.17) is 4.74 Å². The average Bonchev–Trinajstić information content (AvgIpc) is 2.69. The zero-order valence-electron chi connectivity index (χ0n) is 10.1. The van der Waals surface area contributed by atoms with E-state index in [0.717, 1.165) is 31.6 Å². The molecule has 1 aromatic rings. The van der Waals surface area contributed by atoms with Crippen LogP contribution in [0.25, 0.3) is 0 Å². The van der Waals surface area contributed by atoms with Crippen LogP contribution in [-0.2, 0) is 4.74 Å². The van der Waals surface area contributed by atoms with Crippen molar-refractivity contribution in [2.45, 2.75) is 18.4 Å². The minimum atomic E-state index is -0.289. The molecule has 0 unspecified atom stereocenters. The van der Waals surface area contributed by atoms with E-state index in [1.54, 1.807) is 29.2 Å². The van der Waals surface area contributed by atoms with Crippen LogP contribution in [0.2, 0.25) is 0 Å². The SMILES string of the molecule is O=C1OCC2(CCNCC2)N1c1ccc(O)cc1. The fourth-order valence-electron chi connectivity index (χ4n) is 2.76. The molecule has 2 saturated heterocycles. The summed E-state index contributed by atoms with van der Waals surface area (Å²) in [6.07, 6.45) is 1.49. The molecule has 0 aromatic heterocycles. The summed E-state index contributed by atoms with van der Waals surface area (Å²) in [5.74, 6) is 0.200. The molecule has 2 N–H and O–H groups in total. The van der Waals surface area contributed by atoms with Gasteiger partial charge < -0.3 is 15.2 Å². The van der Waals surface area contributed by atoms with Gasteiger partial charge in [0, 0.05) is 5.69 Å². The number of hydrogen-bond donors (Lipinski definition) is 2. The number of benzene rings is 1. The minimum Gasteiger partial charge on any atom is -0.508 e. The molecule has 1 spiro atoms. The summed E-state index contributed by atoms with van der Waals surface area (Å²) in [7, 11) is 0. The molecule has 0 atom stereocenters. The fourth-order valence-corrected chi connectivity index (χ4v) is 2.76. The molecule has 1 aromatic carbocycles. The van der Waals surface area contributed by atoms with Gasteiger partial charge in [0.1, 0.15) is 12.4 Å². The topological polar surface area (TPSA) is 61.8 Å². The molecule has 5 nitrogen and oxygen atoms in total. The van der Waals surface area contributed by atoms with E-state index in [1.807, 2.05) is 0 Å². The summed E-state index contributed by atoms with van der Waals surface area (Å²) < 4.78 is 5.24. The predicted molar refractivity (Wildman–Crippen MR) is 66.8 cm³/mol. The summed E-state index contributed by atoms with van der Waals surface area (Å²) in [4.78, 5) is 13.7. The van der Waals surface area contributed by atoms with Gasteiger partial charge in [0.2, 0.25) is 0 Å². The second-order valence-electron chi connectivity index (χ2n) is 4.88. The third-order valence-electron chi connectivity index (χ3n) is 3.76. The third kappa shape index (κ3) is 1.71. The molecular formula is C13H16N2O3. The highest BCUT2D eigenvalue weighted by molar-refractivity contribution is 5.91. The van der Waals surface area contributed by atoms with Crippen LogP contribution in [0, 0.1) is 0 Å². The van der Waals surface area contributed by atoms with E-state index in [1.165, 1.54) is 0 Å². The van der Waals surface area contributed by atoms with Gasteiger partial charge in [-0.2, -0.15) is 0 Å². The smallest absolute Gasteiger partial charge is 0.415 e. The summed E-state index contributed by atoms with van der Waals surface area (Å²) in [6, 6.07) is 6.70. The molecule has 2 aliphatic rings. The van der Waals surface area contributed by atoms with Gasteiger partial charge in [0.15, 0.2) is 0 Å². The Morgan fingerprint density at radius 1 is 1.22 bits per heavy atom. The predicted octanol–water partition coefficient (Wildman–Crippen LogP) is 1.47. The molecule has 18 heavy (non-hydrogen) atoms. The molecule has 96 valence electrons. The van der Waals surface area contributed by atoms with E-state index < -0.39 is 0 Å². The van der Waals surface area contributed by atoms with Crippen molar-refractivity contribution >= 4 is 11.8 Å². The Balaban J connectivity index is 1.96. The maximum absolute atomic E-state index is 12.0. The largest absolute Gasteiger partial charge is 0.508 e. The maximum Gasteiger partial charge on any atom is 0.415 e. The number of anilines is 1. The molecule has 2 aliphatic heterocycles. The molecule has 0 bridgehead atoms. The Bertz CT molecular complexity index is 452. The van der Waals surface area contributed by atoms with E-state index in [-0.39, 0.29) is 17.4 Å². The minimum absolute atomic E-state index is 0.200. The normalized spacial score (nSPS) is 22.2. The van der Waals surface area contributed by atoms with Crippen LogP contribution in [0.4, 0.5) is 10.5 Å². The lowest BCUT2D eigenvalue weighted by Crippen LogP contribution is -2.53. The molecule has 0 radical (unpaired) electrons. The zero-order chi connectivity index (χ0) is 12.6. The highest BCUT2D eigenvalue weighted by Gasteiger charge is 2.48. The van der Waals surface area contributed by atoms with Gasteiger partial charge in [0.05, 0.1) is 5.54 Å². The first kappa shape index (κ1) is 11.3. The monoisotopic (exact) mass is 248 g/mol. The number of phenolic OH excluding ortho intramolecular Hbond substituents is 1. The molecule has 2 heterocycles. The molecular weight excluding hydrogens is 232 g/mol. The number of phenols is 1. The summed E-state index contributed by atoms with van der Waals surface area (Å²) in [6.45, 7) is 2.24. The standard InChI is InChI=1S/C13H16N2O3/c16-11-3-1-10(2-4-11)15-12(17)18-9-13(15)5-7-14-8-6-13/h1-4,14,16H,5-9H2. The van der Waals surface area contributed by atoms with Gasteiger partial charge in [0.25, 0.3) is 0 Å². The molecule has 2 fully saturated rings. The number of rotatable bonds is 1. The van der Waals surface area contributed by atoms with E-state index in [9.17, 15) is 9.90 Å². The van der Waals surface area contributed by atoms with E-state index in [2.05, 4.69) is 5.32 Å². The lowest BCUT2D eigenvalue weighted by Gasteiger charge is -2.38. The second kappa shape index (κ2) is 4.17. The third-order valence-corrected chi connectivity index (χ3v) is 3.76. The number of ether oxygens (including phenoxy) is 1. The number of piperidine rings is 1. The van der Waals surface area contributed by atoms with Crippen molar-refractivity contribution in [3.05, 3.63) is 24.3 Å². The van der Waals surface area contributed by atoms with Gasteiger partial charge in [-0.15, -0.1) is 0 Å². The van der Waals surface area contributed by atoms with Gasteiger partial charge in [-0.3, -0.25) is 4.90 Å². The number of amides is 1. The van der Waals surface area contributed by atoms with Crippen molar-refractivity contribution in [2.24, 2.45) is 0 Å². The highest BCUT2D eigenvalue weighted by atomic mass is 16.6. The first-order valence-corrected chi connectivity index (χ1v) is 6.18. The Kier molecular flexibility index (Phi) is 2.63. The van der Waals surface area contributed by atoms with Crippen molar-refractivity contribution in [2.75, 3.05) is 24.6 Å². The van der Waals surface area contributed by atoms with Crippen molar-refractivity contribution in [1.29, 1.82) is 0 Å². The number of nitrogens with zero attached hydrogens (tertiary/aromatic N) is 1. The Labute approximate surface area is 105 Å². The van der Waals surface area contributed by atoms with E-state index in [0.29, 0.717) is 6.61 Å². The molecule has 5 heteroatoms. The number of carbonyl (C=O) groups is 1. The van der Waals surface area contributed by atoms with E-state index >= 15 is 0 Å². The van der Waals surface area contributed by atoms with Crippen LogP contribution in [0.15, 0.2) is 24.3 Å². The molecule has 1 amide bonds. The van der Waals surface area contributed by atoms with Crippen molar-refractivity contribution in [1.82, 2.24) is 5.32 Å². The first-order chi connectivity index (χ1) is 8.71. The van der Waals surface area contributed by atoms with Crippen LogP contribution in [0.5, 0.6) is 5.75 Å². The molecule has 3 rings (SSSR count). The van der Waals surface area contributed by atoms with Gasteiger partial charge in [-0.25, -0.2) is 4.79 Å². The van der Waals surface area contributed by atoms with Crippen LogP contribution in [0.3, 0.4) is 0 Å². The van der Waals surface area contributed by atoms with Crippen molar-refractivity contribution < 1.29 is 14.6 Å². The lowest BCUT2D eigenvalue weighted by molar-refractivity contribution is 0.167. The van der Waals surface area contributed by atoms with Crippen LogP contribution < -0.4 is 10.2 Å². The Hall–Kier alpha value is -1.75. The Morgan fingerprint density at radius 3 is 2.56 bits per heavy atom. The number of aromatic hydroxyl groups is 1. The summed E-state index contributed by atoms with van der Waals surface area (Å²) >= 11 is 0. The number of nitrogens with one attached hydrogen (secondary N) is 1. The number of hydrogen-bond acceptors (Lipinski definition) is 4. The zero-order valence-corrected chi connectivity index (χ0v) is 10.1. The first-order valence-electron chi connectivity index (χ1n) is 6.18. The highest BCUT2D eigenvalue weighted by Crippen LogP contribution is 2.37. The molecule has 0 aliphatic carbocycles. The van der Waals surface area contributed by atoms with Crippen LogP contribution in [0.1, 0.15) is 12.8 Å². The van der Waals surface area contributed by atoms with Crippen LogP contribution >= 0.6 is 0 Å². The molecule has 0 saturated carbocycles. The van der Waals surface area contributed by atoms with Gasteiger partial charge in [-0.1, -0.05) is 0 Å². The fraction of sp³-hybridized carbons (Fsp3) is 0.462. The maximum atomic E-state index is 12.0. The van der Waals surface area contributed by atoms with Gasteiger partial charge >= 0.3 is 6.09 Å². The summed E-state index contributed by atoms with van der Waals surface area (Å²) in [5, 5.41) is 12.6. The number of cyclic esters (lactones) is 1. The second-order valence-corrected chi connectivity index (χ2v) is 4.88. The van der Waals surface area contributed by atoms with Crippen molar-refractivity contribution in [3.63, 3.8) is 0 Å². The quantitative estimate of drug-likeness (QED) is 0.790. The number of carbonyl (C=O) groups excluding carboxylic acids is 1. The Morgan fingerprint density at radius 2 is 1.89 bits per heavy atom. The lowest BCUT2D eigenvalue weighted by atomic mass is 9.88. The van der Waals surface area contributed by atoms with Crippen molar-refractivity contribution in [3.8, 4) is 5.75 Å². The summed E-state index contributed by atoms with van der Waals surface area (Å²) in [5.41, 5.74) is 0.566. The van der Waals surface area contributed by atoms with Gasteiger partial charge in [-0.05, 0) is 50.2 Å².